The molecule has 1 heterocycles. The third kappa shape index (κ3) is 2.99. The lowest BCUT2D eigenvalue weighted by atomic mass is 10.0. The number of hydrogen-bond donors (Lipinski definition) is 1. The topological polar surface area (TPSA) is 70.1 Å². The predicted octanol–water partition coefficient (Wildman–Crippen LogP) is 2.25. The maximum atomic E-state index is 11.4. The Morgan fingerprint density at radius 1 is 1.59 bits per heavy atom. The van der Waals surface area contributed by atoms with E-state index in [4.69, 9.17) is 5.73 Å². The van der Waals surface area contributed by atoms with Crippen LogP contribution < -0.4 is 5.73 Å². The Hall–Kier alpha value is -1.52. The van der Waals surface area contributed by atoms with Gasteiger partial charge in [0.2, 0.25) is 0 Å². The molecule has 2 unspecified atom stereocenters. The Kier molecular flexibility index (Phi) is 4.54. The molecule has 17 heavy (non-hydrogen) atoms. The maximum Gasteiger partial charge on any atom is 0.360 e. The number of carbonyl (C=O) groups excluding carboxylic acids is 1. The van der Waals surface area contributed by atoms with Crippen LogP contribution in [-0.4, -0.2) is 22.6 Å². The average Bonchev–Trinajstić information content (AvgIpc) is 2.69. The summed E-state index contributed by atoms with van der Waals surface area (Å²) < 4.78 is 6.45. The van der Waals surface area contributed by atoms with Gasteiger partial charge in [0.05, 0.1) is 13.4 Å². The molecule has 0 radical (unpaired) electrons. The fourth-order valence-electron chi connectivity index (χ4n) is 1.84. The molecule has 0 fully saturated rings. The van der Waals surface area contributed by atoms with Crippen molar-refractivity contribution in [3.05, 3.63) is 12.0 Å². The van der Waals surface area contributed by atoms with E-state index >= 15 is 0 Å². The van der Waals surface area contributed by atoms with Crippen molar-refractivity contribution in [1.82, 2.24) is 9.55 Å². The molecule has 0 saturated heterocycles. The van der Waals surface area contributed by atoms with E-state index in [1.165, 1.54) is 7.11 Å². The first-order valence-electron chi connectivity index (χ1n) is 5.91. The van der Waals surface area contributed by atoms with Crippen LogP contribution in [0.3, 0.4) is 0 Å². The molecule has 0 saturated carbocycles. The number of imidazole rings is 1. The summed E-state index contributed by atoms with van der Waals surface area (Å²) in [6.45, 7) is 6.44. The number of methoxy groups -OCH3 is 1. The fraction of sp³-hybridized carbons (Fsp3) is 0.667. The van der Waals surface area contributed by atoms with Crippen LogP contribution in [0.25, 0.3) is 0 Å². The van der Waals surface area contributed by atoms with Gasteiger partial charge in [0.1, 0.15) is 5.82 Å². The molecule has 1 aromatic rings. The van der Waals surface area contributed by atoms with Gasteiger partial charge in [0, 0.05) is 6.04 Å². The fourth-order valence-corrected chi connectivity index (χ4v) is 1.84. The second-order valence-electron chi connectivity index (χ2n) is 4.48. The highest BCUT2D eigenvalue weighted by molar-refractivity contribution is 5.92. The van der Waals surface area contributed by atoms with Crippen molar-refractivity contribution < 1.29 is 9.53 Å². The van der Waals surface area contributed by atoms with Crippen molar-refractivity contribution in [2.75, 3.05) is 12.8 Å². The predicted molar refractivity (Wildman–Crippen MR) is 66.8 cm³/mol. The lowest BCUT2D eigenvalue weighted by molar-refractivity contribution is 0.0596. The van der Waals surface area contributed by atoms with Gasteiger partial charge in [-0.15, -0.1) is 0 Å². The summed E-state index contributed by atoms with van der Waals surface area (Å²) in [4.78, 5) is 15.4. The van der Waals surface area contributed by atoms with Crippen LogP contribution in [0.15, 0.2) is 6.33 Å². The third-order valence-corrected chi connectivity index (χ3v) is 3.13. The molecule has 0 aliphatic heterocycles. The van der Waals surface area contributed by atoms with Crippen LogP contribution in [0.2, 0.25) is 0 Å². The first-order chi connectivity index (χ1) is 8.01. The molecule has 0 spiro atoms. The largest absolute Gasteiger partial charge is 0.464 e. The summed E-state index contributed by atoms with van der Waals surface area (Å²) in [6.07, 6.45) is 3.75. The van der Waals surface area contributed by atoms with Gasteiger partial charge in [-0.05, 0) is 19.3 Å². The van der Waals surface area contributed by atoms with Gasteiger partial charge >= 0.3 is 5.97 Å². The second-order valence-corrected chi connectivity index (χ2v) is 4.48. The number of hydrogen-bond acceptors (Lipinski definition) is 4. The molecule has 0 amide bonds. The van der Waals surface area contributed by atoms with Crippen LogP contribution in [0.1, 0.15) is 50.1 Å². The highest BCUT2D eigenvalue weighted by Gasteiger charge is 2.19. The minimum absolute atomic E-state index is 0.198. The van der Waals surface area contributed by atoms with E-state index in [1.54, 1.807) is 6.33 Å². The van der Waals surface area contributed by atoms with Gasteiger partial charge < -0.3 is 15.0 Å². The number of ether oxygens (including phenoxy) is 1. The lowest BCUT2D eigenvalue weighted by Crippen LogP contribution is -2.13. The second kappa shape index (κ2) is 5.70. The number of rotatable bonds is 5. The number of nitrogen functional groups attached to an aromatic ring is 1. The molecule has 0 aliphatic rings. The van der Waals surface area contributed by atoms with Gasteiger partial charge in [-0.1, -0.05) is 20.3 Å². The van der Waals surface area contributed by atoms with Gasteiger partial charge in [0.15, 0.2) is 5.69 Å². The molecular formula is C12H21N3O2. The van der Waals surface area contributed by atoms with E-state index in [0.29, 0.717) is 11.7 Å². The number of anilines is 1. The van der Waals surface area contributed by atoms with E-state index in [2.05, 4.69) is 30.5 Å². The van der Waals surface area contributed by atoms with Crippen LogP contribution in [0, 0.1) is 5.92 Å². The summed E-state index contributed by atoms with van der Waals surface area (Å²) in [5.41, 5.74) is 6.10. The van der Waals surface area contributed by atoms with Gasteiger partial charge in [-0.25, -0.2) is 9.78 Å². The number of esters is 1. The third-order valence-electron chi connectivity index (χ3n) is 3.13. The van der Waals surface area contributed by atoms with Gasteiger partial charge in [0.25, 0.3) is 0 Å². The first kappa shape index (κ1) is 13.5. The van der Waals surface area contributed by atoms with Crippen LogP contribution in [0.5, 0.6) is 0 Å². The molecular weight excluding hydrogens is 218 g/mol. The lowest BCUT2D eigenvalue weighted by Gasteiger charge is -2.18. The van der Waals surface area contributed by atoms with Crippen molar-refractivity contribution in [3.8, 4) is 0 Å². The molecule has 2 atom stereocenters. The highest BCUT2D eigenvalue weighted by Crippen LogP contribution is 2.23. The Morgan fingerprint density at radius 2 is 2.24 bits per heavy atom. The standard InChI is InChI=1S/C12H21N3O2/c1-5-8(2)6-9(3)15-7-14-10(11(15)13)12(16)17-4/h7-9H,5-6,13H2,1-4H3. The Bertz CT molecular complexity index is 387. The highest BCUT2D eigenvalue weighted by atomic mass is 16.5. The summed E-state index contributed by atoms with van der Waals surface area (Å²) in [6, 6.07) is 0.232. The molecule has 1 aromatic heterocycles. The summed E-state index contributed by atoms with van der Waals surface area (Å²) >= 11 is 0. The van der Waals surface area contributed by atoms with E-state index in [1.807, 2.05) is 4.57 Å². The summed E-state index contributed by atoms with van der Waals surface area (Å²) in [5, 5.41) is 0. The summed E-state index contributed by atoms with van der Waals surface area (Å²) in [7, 11) is 1.32. The monoisotopic (exact) mass is 239 g/mol. The molecule has 5 heteroatoms. The first-order valence-corrected chi connectivity index (χ1v) is 5.91. The number of aromatic nitrogens is 2. The molecule has 5 nitrogen and oxygen atoms in total. The molecule has 96 valence electrons. The zero-order chi connectivity index (χ0) is 13.0. The molecule has 1 rings (SSSR count). The van der Waals surface area contributed by atoms with Crippen LogP contribution >= 0.6 is 0 Å². The average molecular weight is 239 g/mol. The number of nitrogens with zero attached hydrogens (tertiary/aromatic N) is 2. The normalized spacial score (nSPS) is 14.4. The summed E-state index contributed by atoms with van der Waals surface area (Å²) in [5.74, 6) is 0.512. The van der Waals surface area contributed by atoms with E-state index in [-0.39, 0.29) is 11.7 Å². The van der Waals surface area contributed by atoms with E-state index < -0.39 is 5.97 Å². The Balaban J connectivity index is 2.85. The van der Waals surface area contributed by atoms with Crippen molar-refractivity contribution in [2.45, 2.75) is 39.7 Å². The zero-order valence-electron chi connectivity index (χ0n) is 10.9. The Labute approximate surface area is 102 Å². The quantitative estimate of drug-likeness (QED) is 0.800. The zero-order valence-corrected chi connectivity index (χ0v) is 10.9. The van der Waals surface area contributed by atoms with Crippen LogP contribution in [0.4, 0.5) is 5.82 Å². The van der Waals surface area contributed by atoms with Gasteiger partial charge in [-0.2, -0.15) is 0 Å². The van der Waals surface area contributed by atoms with Gasteiger partial charge in [-0.3, -0.25) is 0 Å². The van der Waals surface area contributed by atoms with Crippen molar-refractivity contribution in [1.29, 1.82) is 0 Å². The minimum Gasteiger partial charge on any atom is -0.464 e. The smallest absolute Gasteiger partial charge is 0.360 e. The SMILES string of the molecule is CCC(C)CC(C)n1cnc(C(=O)OC)c1N. The minimum atomic E-state index is -0.489. The molecule has 0 aromatic carbocycles. The Morgan fingerprint density at radius 3 is 2.76 bits per heavy atom. The molecule has 0 bridgehead atoms. The number of carbonyl (C=O) groups is 1. The van der Waals surface area contributed by atoms with Crippen LogP contribution in [-0.2, 0) is 4.74 Å². The molecule has 0 aliphatic carbocycles. The maximum absolute atomic E-state index is 11.4. The molecule has 2 N–H and O–H groups in total. The van der Waals surface area contributed by atoms with Crippen molar-refractivity contribution in [2.24, 2.45) is 5.92 Å². The van der Waals surface area contributed by atoms with E-state index in [9.17, 15) is 4.79 Å². The number of nitrogens with two attached hydrogens (primary N) is 1. The van der Waals surface area contributed by atoms with Crippen molar-refractivity contribution in [3.63, 3.8) is 0 Å². The van der Waals surface area contributed by atoms with E-state index in [0.717, 1.165) is 12.8 Å². The van der Waals surface area contributed by atoms with Crippen molar-refractivity contribution >= 4 is 11.8 Å².